The Morgan fingerprint density at radius 2 is 1.83 bits per heavy atom. The molecule has 3 heterocycles. The van der Waals surface area contributed by atoms with Crippen molar-refractivity contribution in [1.29, 1.82) is 0 Å². The number of ether oxygens (including phenoxy) is 2. The molecule has 0 amide bonds. The number of hydrogen-bond acceptors (Lipinski definition) is 7. The van der Waals surface area contributed by atoms with Crippen LogP contribution in [0.2, 0.25) is 0 Å². The fourth-order valence-electron chi connectivity index (χ4n) is 4.89. The van der Waals surface area contributed by atoms with Gasteiger partial charge in [-0.3, -0.25) is 4.79 Å². The molecule has 5 rings (SSSR count). The van der Waals surface area contributed by atoms with Crippen LogP contribution in [0.5, 0.6) is 5.75 Å². The van der Waals surface area contributed by atoms with Crippen molar-refractivity contribution in [3.05, 3.63) is 65.7 Å². The lowest BCUT2D eigenvalue weighted by Gasteiger charge is -2.40. The summed E-state index contributed by atoms with van der Waals surface area (Å²) in [5.74, 6) is 1.44. The van der Waals surface area contributed by atoms with Crippen LogP contribution in [-0.2, 0) is 16.1 Å². The summed E-state index contributed by atoms with van der Waals surface area (Å²) in [5, 5.41) is 16.4. The molecule has 0 bridgehead atoms. The number of tetrazole rings is 1. The van der Waals surface area contributed by atoms with Crippen molar-refractivity contribution in [2.45, 2.75) is 57.6 Å². The first-order valence-corrected chi connectivity index (χ1v) is 12.9. The van der Waals surface area contributed by atoms with E-state index in [1.54, 1.807) is 4.80 Å². The number of benzene rings is 2. The Kier molecular flexibility index (Phi) is 7.41. The van der Waals surface area contributed by atoms with Gasteiger partial charge >= 0.3 is 5.97 Å². The molecule has 1 spiro atoms. The lowest BCUT2D eigenvalue weighted by Crippen LogP contribution is -2.46. The fourth-order valence-corrected chi connectivity index (χ4v) is 4.89. The summed E-state index contributed by atoms with van der Waals surface area (Å²) in [4.78, 5) is 13.1. The molecule has 2 aromatic carbocycles. The summed E-state index contributed by atoms with van der Waals surface area (Å²) in [6.45, 7) is 4.85. The van der Waals surface area contributed by atoms with Gasteiger partial charge in [-0.15, -0.1) is 10.2 Å². The molecule has 2 aliphatic heterocycles. The number of hydrogen-bond donors (Lipinski definition) is 1. The van der Waals surface area contributed by atoms with Gasteiger partial charge in [0.05, 0.1) is 13.2 Å². The monoisotopic (exact) mass is 487 g/mol. The van der Waals surface area contributed by atoms with E-state index in [1.807, 2.05) is 13.0 Å². The van der Waals surface area contributed by atoms with Crippen molar-refractivity contribution < 1.29 is 14.3 Å². The molecule has 0 unspecified atom stereocenters. The number of para-hydroxylation sites is 1. The molecule has 2 aliphatic rings. The lowest BCUT2D eigenvalue weighted by atomic mass is 9.83. The van der Waals surface area contributed by atoms with Crippen LogP contribution in [0, 0.1) is 0 Å². The van der Waals surface area contributed by atoms with Gasteiger partial charge in [0.1, 0.15) is 11.4 Å². The molecule has 1 aromatic heterocycles. The summed E-state index contributed by atoms with van der Waals surface area (Å²) in [5.41, 5.74) is 4.17. The number of nitrogens with zero attached hydrogens (tertiary/aromatic N) is 4. The highest BCUT2D eigenvalue weighted by molar-refractivity contribution is 5.85. The highest BCUT2D eigenvalue weighted by atomic mass is 16.5. The van der Waals surface area contributed by atoms with E-state index in [2.05, 4.69) is 69.3 Å². The van der Waals surface area contributed by atoms with E-state index < -0.39 is 0 Å². The third-order valence-electron chi connectivity index (χ3n) is 6.80. The van der Waals surface area contributed by atoms with Gasteiger partial charge in [0.15, 0.2) is 0 Å². The smallest absolute Gasteiger partial charge is 0.305 e. The first kappa shape index (κ1) is 24.2. The van der Waals surface area contributed by atoms with E-state index in [1.165, 1.54) is 5.57 Å². The molecule has 1 saturated heterocycles. The normalized spacial score (nSPS) is 16.2. The van der Waals surface area contributed by atoms with Crippen molar-refractivity contribution >= 4 is 11.5 Å². The van der Waals surface area contributed by atoms with E-state index in [0.29, 0.717) is 25.4 Å². The van der Waals surface area contributed by atoms with Gasteiger partial charge in [-0.25, -0.2) is 0 Å². The maximum absolute atomic E-state index is 11.4. The van der Waals surface area contributed by atoms with Crippen LogP contribution in [0.4, 0.5) is 0 Å². The lowest BCUT2D eigenvalue weighted by molar-refractivity contribution is -0.143. The number of aryl methyl sites for hydroxylation is 1. The van der Waals surface area contributed by atoms with Crippen molar-refractivity contribution in [2.75, 3.05) is 19.7 Å². The van der Waals surface area contributed by atoms with Crippen molar-refractivity contribution in [2.24, 2.45) is 0 Å². The van der Waals surface area contributed by atoms with E-state index in [-0.39, 0.29) is 11.6 Å². The zero-order valence-electron chi connectivity index (χ0n) is 20.8. The summed E-state index contributed by atoms with van der Waals surface area (Å²) in [7, 11) is 0. The first-order chi connectivity index (χ1) is 17.7. The molecule has 1 fully saturated rings. The second-order valence-electron chi connectivity index (χ2n) is 9.37. The number of esters is 1. The van der Waals surface area contributed by atoms with E-state index in [9.17, 15) is 4.79 Å². The van der Waals surface area contributed by atoms with Gasteiger partial charge in [-0.05, 0) is 61.3 Å². The maximum Gasteiger partial charge on any atom is 0.305 e. The van der Waals surface area contributed by atoms with Crippen molar-refractivity contribution in [3.63, 3.8) is 0 Å². The van der Waals surface area contributed by atoms with Gasteiger partial charge in [-0.1, -0.05) is 48.9 Å². The molecular formula is C28H33N5O3. The number of rotatable bonds is 9. The van der Waals surface area contributed by atoms with Crippen LogP contribution in [0.1, 0.15) is 56.6 Å². The predicted molar refractivity (Wildman–Crippen MR) is 137 cm³/mol. The van der Waals surface area contributed by atoms with Crippen LogP contribution >= 0.6 is 0 Å². The van der Waals surface area contributed by atoms with Crippen LogP contribution in [0.15, 0.2) is 54.6 Å². The van der Waals surface area contributed by atoms with Crippen LogP contribution in [-0.4, -0.2) is 51.5 Å². The Morgan fingerprint density at radius 3 is 2.64 bits per heavy atom. The van der Waals surface area contributed by atoms with Crippen molar-refractivity contribution in [3.8, 4) is 17.1 Å². The van der Waals surface area contributed by atoms with Crippen molar-refractivity contribution in [1.82, 2.24) is 25.5 Å². The average Bonchev–Trinajstić information content (AvgIpc) is 3.38. The van der Waals surface area contributed by atoms with Crippen LogP contribution < -0.4 is 10.1 Å². The largest absolute Gasteiger partial charge is 0.482 e. The fraction of sp³-hybridized carbons (Fsp3) is 0.429. The van der Waals surface area contributed by atoms with Crippen LogP contribution in [0.3, 0.4) is 0 Å². The van der Waals surface area contributed by atoms with Gasteiger partial charge in [0, 0.05) is 30.4 Å². The third-order valence-corrected chi connectivity index (χ3v) is 6.80. The molecular weight excluding hydrogens is 454 g/mol. The van der Waals surface area contributed by atoms with Gasteiger partial charge in [0.2, 0.25) is 5.82 Å². The van der Waals surface area contributed by atoms with Crippen LogP contribution in [0.25, 0.3) is 17.0 Å². The van der Waals surface area contributed by atoms with Gasteiger partial charge < -0.3 is 14.8 Å². The molecule has 36 heavy (non-hydrogen) atoms. The zero-order chi connectivity index (χ0) is 24.8. The highest BCUT2D eigenvalue weighted by Gasteiger charge is 2.36. The number of aromatic nitrogens is 4. The predicted octanol–water partition coefficient (Wildman–Crippen LogP) is 4.41. The topological polar surface area (TPSA) is 91.2 Å². The van der Waals surface area contributed by atoms with E-state index >= 15 is 0 Å². The number of carbonyl (C=O) groups excluding carboxylic acids is 1. The van der Waals surface area contributed by atoms with E-state index in [4.69, 9.17) is 9.47 Å². The Hall–Kier alpha value is -3.52. The number of unbranched alkanes of at least 4 members (excludes halogenated alkanes) is 2. The Morgan fingerprint density at radius 1 is 1.06 bits per heavy atom. The molecule has 1 N–H and O–H groups in total. The Labute approximate surface area is 211 Å². The zero-order valence-corrected chi connectivity index (χ0v) is 20.8. The number of piperidine rings is 1. The molecule has 188 valence electrons. The van der Waals surface area contributed by atoms with Gasteiger partial charge in [-0.2, -0.15) is 4.80 Å². The summed E-state index contributed by atoms with van der Waals surface area (Å²) >= 11 is 0. The average molecular weight is 488 g/mol. The Bertz CT molecular complexity index is 1210. The summed E-state index contributed by atoms with van der Waals surface area (Å²) in [6.07, 6.45) is 7.31. The second kappa shape index (κ2) is 11.0. The SMILES string of the molecule is CCOC(=O)CCCCCn1nnc(-c2ccc(C3=CC4(CCNCC4)Oc4ccccc43)cc2)n1. The number of nitrogens with one attached hydrogen (secondary N) is 1. The number of fused-ring (bicyclic) bond motifs is 1. The first-order valence-electron chi connectivity index (χ1n) is 12.9. The Balaban J connectivity index is 1.25. The molecule has 0 saturated carbocycles. The minimum Gasteiger partial charge on any atom is -0.482 e. The molecule has 0 atom stereocenters. The molecule has 0 radical (unpaired) electrons. The number of carbonyl (C=O) groups is 1. The van der Waals surface area contributed by atoms with E-state index in [0.717, 1.165) is 67.6 Å². The minimum absolute atomic E-state index is 0.131. The minimum atomic E-state index is -0.256. The third kappa shape index (κ3) is 5.49. The summed E-state index contributed by atoms with van der Waals surface area (Å²) < 4.78 is 11.5. The maximum atomic E-state index is 11.4. The molecule has 8 heteroatoms. The second-order valence-corrected chi connectivity index (χ2v) is 9.37. The highest BCUT2D eigenvalue weighted by Crippen LogP contribution is 2.42. The summed E-state index contributed by atoms with van der Waals surface area (Å²) in [6, 6.07) is 16.7. The molecule has 0 aliphatic carbocycles. The molecule has 8 nitrogen and oxygen atoms in total. The molecule has 3 aromatic rings. The quantitative estimate of drug-likeness (QED) is 0.353. The van der Waals surface area contributed by atoms with Gasteiger partial charge in [0.25, 0.3) is 0 Å². The standard InChI is InChI=1S/C28H33N5O3/c1-2-35-26(34)10-4-3-7-19-33-31-27(30-32-33)22-13-11-21(12-14-22)24-20-28(15-17-29-18-16-28)36-25-9-6-5-8-23(24)25/h5-6,8-9,11-14,20,29H,2-4,7,10,15-19H2,1H3.